The molecule has 0 aliphatic carbocycles. The second-order valence-electron chi connectivity index (χ2n) is 6.00. The molecule has 1 amide bonds. The summed E-state index contributed by atoms with van der Waals surface area (Å²) in [6.07, 6.45) is 6.28. The number of anilines is 1. The van der Waals surface area contributed by atoms with E-state index in [-0.39, 0.29) is 10.6 Å². The van der Waals surface area contributed by atoms with Gasteiger partial charge in [0.15, 0.2) is 0 Å². The zero-order valence-corrected chi connectivity index (χ0v) is 16.3. The van der Waals surface area contributed by atoms with Crippen molar-refractivity contribution in [3.63, 3.8) is 0 Å². The van der Waals surface area contributed by atoms with Crippen LogP contribution in [0.5, 0.6) is 0 Å². The van der Waals surface area contributed by atoms with Crippen molar-refractivity contribution in [1.82, 2.24) is 14.8 Å². The zero-order chi connectivity index (χ0) is 20.4. The van der Waals surface area contributed by atoms with Crippen LogP contribution in [0, 0.1) is 0 Å². The Labute approximate surface area is 174 Å². The maximum absolute atomic E-state index is 12.4. The normalized spacial score (nSPS) is 10.7. The van der Waals surface area contributed by atoms with Crippen molar-refractivity contribution < 1.29 is 14.7 Å². The van der Waals surface area contributed by atoms with E-state index in [0.29, 0.717) is 21.7 Å². The van der Waals surface area contributed by atoms with Gasteiger partial charge < -0.3 is 10.4 Å². The highest BCUT2D eigenvalue weighted by molar-refractivity contribution is 7.15. The molecule has 2 N–H and O–H groups in total. The first-order valence-corrected chi connectivity index (χ1v) is 9.66. The molecule has 4 aromatic rings. The van der Waals surface area contributed by atoms with Gasteiger partial charge in [-0.1, -0.05) is 11.6 Å². The molecule has 0 saturated carbocycles. The Balaban J connectivity index is 1.66. The molecule has 0 atom stereocenters. The third-order valence-corrected chi connectivity index (χ3v) is 5.29. The summed E-state index contributed by atoms with van der Waals surface area (Å²) in [6, 6.07) is 10.4. The van der Waals surface area contributed by atoms with Gasteiger partial charge in [-0.3, -0.25) is 9.78 Å². The first kappa shape index (κ1) is 18.9. The molecule has 3 aromatic heterocycles. The summed E-state index contributed by atoms with van der Waals surface area (Å²) in [5.41, 5.74) is 2.25. The minimum atomic E-state index is -1.14. The number of rotatable bonds is 5. The molecule has 4 rings (SSSR count). The third kappa shape index (κ3) is 3.89. The SMILES string of the molecule is O=C(Nc1scc(-c2cnn(-c3ccc(Cl)cc3)c2)c1C(=O)O)c1cccnc1. The molecule has 7 nitrogen and oxygen atoms in total. The van der Waals surface area contributed by atoms with Crippen molar-refractivity contribution in [3.05, 3.63) is 82.7 Å². The van der Waals surface area contributed by atoms with Crippen molar-refractivity contribution in [1.29, 1.82) is 0 Å². The Morgan fingerprint density at radius 2 is 1.93 bits per heavy atom. The number of nitrogens with zero attached hydrogens (tertiary/aromatic N) is 3. The molecule has 0 spiro atoms. The summed E-state index contributed by atoms with van der Waals surface area (Å²) in [7, 11) is 0. The van der Waals surface area contributed by atoms with Crippen molar-refractivity contribution in [2.75, 3.05) is 5.32 Å². The number of carbonyl (C=O) groups excluding carboxylic acids is 1. The Hall–Kier alpha value is -3.49. The maximum atomic E-state index is 12.4. The lowest BCUT2D eigenvalue weighted by molar-refractivity contribution is 0.0699. The second-order valence-corrected chi connectivity index (χ2v) is 7.32. The van der Waals surface area contributed by atoms with Gasteiger partial charge in [0.2, 0.25) is 0 Å². The van der Waals surface area contributed by atoms with E-state index < -0.39 is 11.9 Å². The average Bonchev–Trinajstić information content (AvgIpc) is 3.36. The minimum Gasteiger partial charge on any atom is -0.478 e. The molecular formula is C20H13ClN4O3S. The molecule has 0 aliphatic heterocycles. The number of hydrogen-bond acceptors (Lipinski definition) is 5. The summed E-state index contributed by atoms with van der Waals surface area (Å²) in [6.45, 7) is 0. The first-order chi connectivity index (χ1) is 14.0. The molecule has 0 unspecified atom stereocenters. The number of nitrogens with one attached hydrogen (secondary N) is 1. The molecule has 0 saturated heterocycles. The van der Waals surface area contributed by atoms with Gasteiger partial charge in [0, 0.05) is 40.1 Å². The van der Waals surface area contributed by atoms with Crippen LogP contribution in [0.25, 0.3) is 16.8 Å². The van der Waals surface area contributed by atoms with Gasteiger partial charge in [-0.15, -0.1) is 11.3 Å². The highest BCUT2D eigenvalue weighted by Crippen LogP contribution is 2.36. The van der Waals surface area contributed by atoms with Crippen molar-refractivity contribution in [3.8, 4) is 16.8 Å². The van der Waals surface area contributed by atoms with Crippen LogP contribution >= 0.6 is 22.9 Å². The minimum absolute atomic E-state index is 0.0166. The Morgan fingerprint density at radius 3 is 2.62 bits per heavy atom. The van der Waals surface area contributed by atoms with Gasteiger partial charge >= 0.3 is 5.97 Å². The number of hydrogen-bond donors (Lipinski definition) is 2. The largest absolute Gasteiger partial charge is 0.478 e. The Morgan fingerprint density at radius 1 is 1.14 bits per heavy atom. The van der Waals surface area contributed by atoms with Crippen molar-refractivity contribution >= 4 is 39.8 Å². The molecule has 29 heavy (non-hydrogen) atoms. The van der Waals surface area contributed by atoms with Gasteiger partial charge in [-0.25, -0.2) is 9.48 Å². The zero-order valence-electron chi connectivity index (χ0n) is 14.7. The summed E-state index contributed by atoms with van der Waals surface area (Å²) >= 11 is 7.05. The van der Waals surface area contributed by atoms with Crippen LogP contribution in [0.15, 0.2) is 66.6 Å². The number of carbonyl (C=O) groups is 2. The van der Waals surface area contributed by atoms with E-state index in [9.17, 15) is 14.7 Å². The molecule has 144 valence electrons. The van der Waals surface area contributed by atoms with E-state index in [0.717, 1.165) is 17.0 Å². The Kier molecular flexibility index (Phi) is 5.11. The van der Waals surface area contributed by atoms with Gasteiger partial charge in [0.25, 0.3) is 5.91 Å². The molecule has 0 fully saturated rings. The molecule has 0 bridgehead atoms. The fourth-order valence-corrected chi connectivity index (χ4v) is 3.83. The first-order valence-electron chi connectivity index (χ1n) is 8.40. The average molecular weight is 425 g/mol. The smallest absolute Gasteiger partial charge is 0.339 e. The molecule has 0 aliphatic rings. The monoisotopic (exact) mass is 424 g/mol. The maximum Gasteiger partial charge on any atom is 0.339 e. The van der Waals surface area contributed by atoms with E-state index in [4.69, 9.17) is 11.6 Å². The Bertz CT molecular complexity index is 1190. The predicted octanol–water partition coefficient (Wildman–Crippen LogP) is 4.60. The summed E-state index contributed by atoms with van der Waals surface area (Å²) in [4.78, 5) is 28.2. The molecule has 9 heteroatoms. The van der Waals surface area contributed by atoms with Crippen molar-refractivity contribution in [2.45, 2.75) is 0 Å². The number of thiophene rings is 1. The number of pyridine rings is 1. The van der Waals surface area contributed by atoms with Crippen molar-refractivity contribution in [2.24, 2.45) is 0 Å². The third-order valence-electron chi connectivity index (χ3n) is 4.14. The quantitative estimate of drug-likeness (QED) is 0.488. The van der Waals surface area contributed by atoms with Gasteiger partial charge in [0.05, 0.1) is 17.4 Å². The number of carboxylic acids is 1. The van der Waals surface area contributed by atoms with Gasteiger partial charge in [0.1, 0.15) is 10.6 Å². The van der Waals surface area contributed by atoms with E-state index in [1.165, 1.54) is 6.20 Å². The summed E-state index contributed by atoms with van der Waals surface area (Å²) in [5, 5.41) is 19.2. The van der Waals surface area contributed by atoms with E-state index in [1.807, 2.05) is 12.1 Å². The number of aromatic nitrogens is 3. The highest BCUT2D eigenvalue weighted by Gasteiger charge is 2.22. The van der Waals surface area contributed by atoms with Crippen LogP contribution in [-0.2, 0) is 0 Å². The van der Waals surface area contributed by atoms with Gasteiger partial charge in [-0.05, 0) is 36.4 Å². The molecular weight excluding hydrogens is 412 g/mol. The van der Waals surface area contributed by atoms with Crippen LogP contribution < -0.4 is 5.32 Å². The topological polar surface area (TPSA) is 97.1 Å². The van der Waals surface area contributed by atoms with Crippen LogP contribution in [0.2, 0.25) is 5.02 Å². The molecule has 3 heterocycles. The second kappa shape index (κ2) is 7.86. The lowest BCUT2D eigenvalue weighted by atomic mass is 10.1. The fraction of sp³-hybridized carbons (Fsp3) is 0. The predicted molar refractivity (Wildman–Crippen MR) is 111 cm³/mol. The number of aromatic carboxylic acids is 1. The number of halogens is 1. The lowest BCUT2D eigenvalue weighted by Gasteiger charge is -2.05. The highest BCUT2D eigenvalue weighted by atomic mass is 35.5. The standard InChI is InChI=1S/C20H13ClN4O3S/c21-14-3-5-15(6-4-14)25-10-13(9-23-25)16-11-29-19(17(16)20(27)28)24-18(26)12-2-1-7-22-8-12/h1-11H,(H,24,26)(H,27,28). The van der Waals surface area contributed by atoms with Crippen LogP contribution in [-0.4, -0.2) is 31.7 Å². The van der Waals surface area contributed by atoms with E-state index >= 15 is 0 Å². The molecule has 0 radical (unpaired) electrons. The fourth-order valence-electron chi connectivity index (χ4n) is 2.74. The molecule has 1 aromatic carbocycles. The van der Waals surface area contributed by atoms with Gasteiger partial charge in [-0.2, -0.15) is 5.10 Å². The number of carboxylic acid groups (broad SMARTS) is 1. The van der Waals surface area contributed by atoms with Crippen LogP contribution in [0.4, 0.5) is 5.00 Å². The summed E-state index contributed by atoms with van der Waals surface area (Å²) < 4.78 is 1.63. The van der Waals surface area contributed by atoms with E-state index in [2.05, 4.69) is 15.4 Å². The number of amides is 1. The van der Waals surface area contributed by atoms with E-state index in [1.54, 1.807) is 52.9 Å². The van der Waals surface area contributed by atoms with Crippen LogP contribution in [0.1, 0.15) is 20.7 Å². The summed E-state index contributed by atoms with van der Waals surface area (Å²) in [5.74, 6) is -1.56. The number of benzene rings is 1. The lowest BCUT2D eigenvalue weighted by Crippen LogP contribution is -2.13. The van der Waals surface area contributed by atoms with Crippen LogP contribution in [0.3, 0.4) is 0 Å².